The molecule has 94 valence electrons. The summed E-state index contributed by atoms with van der Waals surface area (Å²) in [6.07, 6.45) is 0.939. The minimum Gasteiger partial charge on any atom is -0.496 e. The summed E-state index contributed by atoms with van der Waals surface area (Å²) in [6, 6.07) is 6.89. The molecular weight excluding hydrogens is 228 g/mol. The fourth-order valence-corrected chi connectivity index (χ4v) is 2.84. The molecule has 0 saturated heterocycles. The topological polar surface area (TPSA) is 26.3 Å². The molecule has 0 unspecified atom stereocenters. The lowest BCUT2D eigenvalue weighted by molar-refractivity contribution is 0.101. The number of rotatable bonds is 5. The molecule has 0 spiro atoms. The molecule has 1 aromatic carbocycles. The third-order valence-corrected chi connectivity index (χ3v) is 4.61. The third kappa shape index (κ3) is 4.00. The molecule has 17 heavy (non-hydrogen) atoms. The highest BCUT2D eigenvalue weighted by molar-refractivity contribution is 6.76. The molecule has 0 fully saturated rings. The Kier molecular flexibility index (Phi) is 4.51. The highest BCUT2D eigenvalue weighted by atomic mass is 28.3. The molecule has 0 aliphatic heterocycles. The van der Waals surface area contributed by atoms with Gasteiger partial charge in [-0.2, -0.15) is 0 Å². The van der Waals surface area contributed by atoms with E-state index in [0.717, 1.165) is 23.3 Å². The number of hydrogen-bond donors (Lipinski definition) is 0. The maximum absolute atomic E-state index is 11.6. The lowest BCUT2D eigenvalue weighted by Gasteiger charge is -2.18. The SMILES string of the molecule is COc1cccc(C(C)=O)c1CC[Si](C)(C)C. The van der Waals surface area contributed by atoms with Gasteiger partial charge >= 0.3 is 0 Å². The smallest absolute Gasteiger partial charge is 0.160 e. The van der Waals surface area contributed by atoms with Gasteiger partial charge in [-0.3, -0.25) is 4.79 Å². The monoisotopic (exact) mass is 250 g/mol. The maximum atomic E-state index is 11.6. The maximum Gasteiger partial charge on any atom is 0.160 e. The van der Waals surface area contributed by atoms with E-state index in [1.165, 1.54) is 6.04 Å². The van der Waals surface area contributed by atoms with Crippen molar-refractivity contribution in [2.75, 3.05) is 7.11 Å². The second-order valence-corrected chi connectivity index (χ2v) is 11.2. The molecule has 0 amide bonds. The summed E-state index contributed by atoms with van der Waals surface area (Å²) in [7, 11) is 0.564. The summed E-state index contributed by atoms with van der Waals surface area (Å²) in [4.78, 5) is 11.6. The molecule has 0 aromatic heterocycles. The average Bonchev–Trinajstić information content (AvgIpc) is 2.24. The Morgan fingerprint density at radius 2 is 1.94 bits per heavy atom. The van der Waals surface area contributed by atoms with Gasteiger partial charge in [-0.05, 0) is 19.4 Å². The normalized spacial score (nSPS) is 11.4. The van der Waals surface area contributed by atoms with Crippen molar-refractivity contribution in [3.05, 3.63) is 29.3 Å². The summed E-state index contributed by atoms with van der Waals surface area (Å²) in [5.74, 6) is 0.963. The summed E-state index contributed by atoms with van der Waals surface area (Å²) >= 11 is 0. The second kappa shape index (κ2) is 5.49. The number of ketones is 1. The molecule has 3 heteroatoms. The number of carbonyl (C=O) groups is 1. The van der Waals surface area contributed by atoms with Gasteiger partial charge in [-0.25, -0.2) is 0 Å². The largest absolute Gasteiger partial charge is 0.496 e. The number of carbonyl (C=O) groups excluding carboxylic acids is 1. The van der Waals surface area contributed by atoms with Crippen molar-refractivity contribution < 1.29 is 9.53 Å². The Morgan fingerprint density at radius 3 is 2.41 bits per heavy atom. The van der Waals surface area contributed by atoms with Crippen LogP contribution in [0.4, 0.5) is 0 Å². The number of ether oxygens (including phenoxy) is 1. The van der Waals surface area contributed by atoms with E-state index in [1.807, 2.05) is 18.2 Å². The van der Waals surface area contributed by atoms with Gasteiger partial charge in [0, 0.05) is 19.2 Å². The van der Waals surface area contributed by atoms with Crippen LogP contribution in [-0.2, 0) is 6.42 Å². The molecule has 0 aliphatic carbocycles. The van der Waals surface area contributed by atoms with E-state index in [4.69, 9.17) is 4.74 Å². The molecule has 0 aliphatic rings. The third-order valence-electron chi connectivity index (χ3n) is 2.86. The lowest BCUT2D eigenvalue weighted by atomic mass is 10.0. The van der Waals surface area contributed by atoms with Crippen LogP contribution in [0.15, 0.2) is 18.2 Å². The van der Waals surface area contributed by atoms with E-state index >= 15 is 0 Å². The zero-order valence-electron chi connectivity index (χ0n) is 11.5. The molecule has 0 bridgehead atoms. The molecule has 0 N–H and O–H groups in total. The van der Waals surface area contributed by atoms with E-state index in [-0.39, 0.29) is 5.78 Å². The van der Waals surface area contributed by atoms with Crippen LogP contribution in [-0.4, -0.2) is 21.0 Å². The van der Waals surface area contributed by atoms with E-state index < -0.39 is 8.07 Å². The lowest BCUT2D eigenvalue weighted by Crippen LogP contribution is -2.20. The first kappa shape index (κ1) is 14.0. The van der Waals surface area contributed by atoms with E-state index in [2.05, 4.69) is 19.6 Å². The average molecular weight is 250 g/mol. The zero-order chi connectivity index (χ0) is 13.1. The van der Waals surface area contributed by atoms with Crippen LogP contribution >= 0.6 is 0 Å². The van der Waals surface area contributed by atoms with Crippen LogP contribution < -0.4 is 4.74 Å². The molecule has 0 heterocycles. The minimum atomic E-state index is -1.10. The van der Waals surface area contributed by atoms with Crippen molar-refractivity contribution in [1.82, 2.24) is 0 Å². The van der Waals surface area contributed by atoms with Crippen molar-refractivity contribution in [2.45, 2.75) is 39.0 Å². The Bertz CT molecular complexity index is 405. The van der Waals surface area contributed by atoms with E-state index in [9.17, 15) is 4.79 Å². The molecule has 2 nitrogen and oxygen atoms in total. The van der Waals surface area contributed by atoms with E-state index in [1.54, 1.807) is 14.0 Å². The fraction of sp³-hybridized carbons (Fsp3) is 0.500. The molecule has 0 saturated carbocycles. The van der Waals surface area contributed by atoms with Gasteiger partial charge in [0.25, 0.3) is 0 Å². The van der Waals surface area contributed by atoms with Crippen LogP contribution in [0.3, 0.4) is 0 Å². The minimum absolute atomic E-state index is 0.120. The Balaban J connectivity index is 3.05. The number of benzene rings is 1. The number of methoxy groups -OCH3 is 1. The van der Waals surface area contributed by atoms with Gasteiger partial charge in [0.1, 0.15) is 5.75 Å². The van der Waals surface area contributed by atoms with Crippen LogP contribution in [0.2, 0.25) is 25.7 Å². The Hall–Kier alpha value is -1.09. The summed E-state index contributed by atoms with van der Waals surface area (Å²) in [6.45, 7) is 8.65. The predicted octanol–water partition coefficient (Wildman–Crippen LogP) is 3.78. The molecule has 0 radical (unpaired) electrons. The van der Waals surface area contributed by atoms with Gasteiger partial charge in [-0.15, -0.1) is 0 Å². The first-order chi connectivity index (χ1) is 7.85. The van der Waals surface area contributed by atoms with Gasteiger partial charge < -0.3 is 4.74 Å². The van der Waals surface area contributed by atoms with E-state index in [0.29, 0.717) is 0 Å². The molecular formula is C14H22O2Si. The van der Waals surface area contributed by atoms with Crippen molar-refractivity contribution in [3.8, 4) is 5.75 Å². The molecule has 1 rings (SSSR count). The Labute approximate surface area is 105 Å². The van der Waals surface area contributed by atoms with Crippen LogP contribution in [0, 0.1) is 0 Å². The zero-order valence-corrected chi connectivity index (χ0v) is 12.5. The summed E-state index contributed by atoms with van der Waals surface area (Å²) in [5, 5.41) is 0. The van der Waals surface area contributed by atoms with Crippen molar-refractivity contribution in [2.24, 2.45) is 0 Å². The van der Waals surface area contributed by atoms with Crippen molar-refractivity contribution >= 4 is 13.9 Å². The van der Waals surface area contributed by atoms with Crippen LogP contribution in [0.5, 0.6) is 5.75 Å². The van der Waals surface area contributed by atoms with Crippen LogP contribution in [0.1, 0.15) is 22.8 Å². The van der Waals surface area contributed by atoms with Crippen LogP contribution in [0.25, 0.3) is 0 Å². The fourth-order valence-electron chi connectivity index (χ4n) is 1.84. The van der Waals surface area contributed by atoms with Crippen molar-refractivity contribution in [3.63, 3.8) is 0 Å². The predicted molar refractivity (Wildman–Crippen MR) is 74.9 cm³/mol. The first-order valence-electron chi connectivity index (χ1n) is 6.02. The highest BCUT2D eigenvalue weighted by Crippen LogP contribution is 2.26. The molecule has 0 atom stereocenters. The van der Waals surface area contributed by atoms with Gasteiger partial charge in [0.05, 0.1) is 7.11 Å². The second-order valence-electron chi connectivity index (χ2n) is 5.60. The van der Waals surface area contributed by atoms with Gasteiger partial charge in [0.15, 0.2) is 5.78 Å². The van der Waals surface area contributed by atoms with Crippen molar-refractivity contribution in [1.29, 1.82) is 0 Å². The first-order valence-corrected chi connectivity index (χ1v) is 9.72. The standard InChI is InChI=1S/C14H22O2Si/c1-11(15)12-7-6-8-14(16-2)13(12)9-10-17(3,4)5/h6-8H,9-10H2,1-5H3. The summed E-state index contributed by atoms with van der Waals surface area (Å²) < 4.78 is 5.36. The quantitative estimate of drug-likeness (QED) is 0.587. The number of hydrogen-bond acceptors (Lipinski definition) is 2. The molecule has 1 aromatic rings. The summed E-state index contributed by atoms with van der Waals surface area (Å²) in [5.41, 5.74) is 1.88. The van der Waals surface area contributed by atoms with Gasteiger partial charge in [-0.1, -0.05) is 37.8 Å². The Morgan fingerprint density at radius 1 is 1.29 bits per heavy atom. The number of Topliss-reactive ketones (excluding diaryl/α,β-unsaturated/α-hetero) is 1. The van der Waals surface area contributed by atoms with Gasteiger partial charge in [0.2, 0.25) is 0 Å². The highest BCUT2D eigenvalue weighted by Gasteiger charge is 2.17.